The van der Waals surface area contributed by atoms with E-state index in [9.17, 15) is 9.18 Å². The molecule has 0 saturated carbocycles. The molecule has 0 saturated heterocycles. The van der Waals surface area contributed by atoms with E-state index in [0.29, 0.717) is 4.47 Å². The van der Waals surface area contributed by atoms with Crippen LogP contribution in [-0.2, 0) is 0 Å². The van der Waals surface area contributed by atoms with Crippen LogP contribution in [0.5, 0.6) is 0 Å². The summed E-state index contributed by atoms with van der Waals surface area (Å²) in [6, 6.07) is 4.33. The minimum atomic E-state index is -0.839. The first-order valence-electron chi connectivity index (χ1n) is 5.36. The van der Waals surface area contributed by atoms with Gasteiger partial charge in [-0.3, -0.25) is 4.79 Å². The number of benzene rings is 1. The highest BCUT2D eigenvalue weighted by atomic mass is 79.9. The van der Waals surface area contributed by atoms with Crippen molar-refractivity contribution in [2.24, 2.45) is 11.1 Å². The van der Waals surface area contributed by atoms with Crippen LogP contribution in [0.3, 0.4) is 0 Å². The van der Waals surface area contributed by atoms with Crippen molar-refractivity contribution in [3.63, 3.8) is 0 Å². The first kappa shape index (κ1) is 14.3. The largest absolute Gasteiger partial charge is 0.325 e. The first-order valence-corrected chi connectivity index (χ1v) is 6.15. The molecule has 0 atom stereocenters. The molecule has 0 amide bonds. The Morgan fingerprint density at radius 3 is 2.29 bits per heavy atom. The van der Waals surface area contributed by atoms with Gasteiger partial charge in [0.25, 0.3) is 0 Å². The van der Waals surface area contributed by atoms with E-state index >= 15 is 0 Å². The Morgan fingerprint density at radius 1 is 1.29 bits per heavy atom. The van der Waals surface area contributed by atoms with E-state index < -0.39 is 16.8 Å². The van der Waals surface area contributed by atoms with Crippen LogP contribution in [0.2, 0.25) is 0 Å². The number of Topliss-reactive ketones (excluding diaryl/α,β-unsaturated/α-hetero) is 1. The molecule has 0 aliphatic heterocycles. The Hall–Kier alpha value is -0.740. The van der Waals surface area contributed by atoms with Gasteiger partial charge in [0.05, 0.1) is 5.56 Å². The van der Waals surface area contributed by atoms with Crippen molar-refractivity contribution in [2.75, 3.05) is 0 Å². The SMILES string of the molecule is CC(C)(N)C(C)(C)C(=O)c1cc(Br)ccc1F. The molecule has 0 fully saturated rings. The molecule has 94 valence electrons. The summed E-state index contributed by atoms with van der Waals surface area (Å²) in [5, 5.41) is 0. The lowest BCUT2D eigenvalue weighted by Crippen LogP contribution is -2.52. The number of nitrogens with two attached hydrogens (primary N) is 1. The molecule has 1 aromatic carbocycles. The molecule has 4 heteroatoms. The summed E-state index contributed by atoms with van der Waals surface area (Å²) in [5.74, 6) is -0.806. The Balaban J connectivity index is 3.26. The molecular formula is C13H17BrFNO. The maximum atomic E-state index is 13.7. The van der Waals surface area contributed by atoms with Crippen LogP contribution in [0.4, 0.5) is 4.39 Å². The number of hydrogen-bond donors (Lipinski definition) is 1. The molecule has 17 heavy (non-hydrogen) atoms. The third-order valence-corrected chi connectivity index (χ3v) is 3.84. The van der Waals surface area contributed by atoms with Crippen LogP contribution in [0, 0.1) is 11.2 Å². The van der Waals surface area contributed by atoms with Crippen molar-refractivity contribution in [3.8, 4) is 0 Å². The monoisotopic (exact) mass is 301 g/mol. The standard InChI is InChI=1S/C13H17BrFNO/c1-12(2,13(3,4)16)11(17)9-7-8(14)5-6-10(9)15/h5-7H,16H2,1-4H3. The average Bonchev–Trinajstić information content (AvgIpc) is 2.19. The minimum Gasteiger partial charge on any atom is -0.325 e. The normalized spacial score (nSPS) is 12.6. The molecular weight excluding hydrogens is 285 g/mol. The quantitative estimate of drug-likeness (QED) is 0.868. The molecule has 2 nitrogen and oxygen atoms in total. The van der Waals surface area contributed by atoms with Gasteiger partial charge >= 0.3 is 0 Å². The summed E-state index contributed by atoms with van der Waals surface area (Å²) in [5.41, 5.74) is 4.49. The van der Waals surface area contributed by atoms with E-state index in [4.69, 9.17) is 5.73 Å². The lowest BCUT2D eigenvalue weighted by molar-refractivity contribution is 0.0730. The molecule has 0 aliphatic carbocycles. The van der Waals surface area contributed by atoms with Crippen LogP contribution >= 0.6 is 15.9 Å². The Bertz CT molecular complexity index is 449. The number of carbonyl (C=O) groups is 1. The molecule has 2 N–H and O–H groups in total. The highest BCUT2D eigenvalue weighted by Crippen LogP contribution is 2.33. The lowest BCUT2D eigenvalue weighted by Gasteiger charge is -2.37. The van der Waals surface area contributed by atoms with E-state index in [2.05, 4.69) is 15.9 Å². The number of hydrogen-bond acceptors (Lipinski definition) is 2. The number of rotatable bonds is 3. The van der Waals surface area contributed by atoms with Gasteiger partial charge in [0.15, 0.2) is 5.78 Å². The van der Waals surface area contributed by atoms with Crippen molar-refractivity contribution in [1.29, 1.82) is 0 Å². The van der Waals surface area contributed by atoms with Crippen LogP contribution in [0.25, 0.3) is 0 Å². The van der Waals surface area contributed by atoms with Crippen molar-refractivity contribution in [1.82, 2.24) is 0 Å². The summed E-state index contributed by atoms with van der Waals surface area (Å²) in [6.07, 6.45) is 0. The minimum absolute atomic E-state index is 0.0721. The maximum Gasteiger partial charge on any atom is 0.173 e. The maximum absolute atomic E-state index is 13.7. The van der Waals surface area contributed by atoms with Gasteiger partial charge in [-0.05, 0) is 32.0 Å². The number of ketones is 1. The van der Waals surface area contributed by atoms with Gasteiger partial charge in [0.2, 0.25) is 0 Å². The Kier molecular flexibility index (Phi) is 3.79. The van der Waals surface area contributed by atoms with E-state index in [1.807, 2.05) is 0 Å². The highest BCUT2D eigenvalue weighted by molar-refractivity contribution is 9.10. The third kappa shape index (κ3) is 2.75. The molecule has 1 rings (SSSR count). The van der Waals surface area contributed by atoms with Crippen molar-refractivity contribution in [3.05, 3.63) is 34.1 Å². The van der Waals surface area contributed by atoms with Crippen molar-refractivity contribution in [2.45, 2.75) is 33.2 Å². The molecule has 1 aromatic rings. The average molecular weight is 302 g/mol. The van der Waals surface area contributed by atoms with Crippen LogP contribution in [0.15, 0.2) is 22.7 Å². The van der Waals surface area contributed by atoms with E-state index in [0.717, 1.165) is 0 Å². The smallest absolute Gasteiger partial charge is 0.173 e. The van der Waals surface area contributed by atoms with Crippen LogP contribution in [0.1, 0.15) is 38.1 Å². The molecule has 0 aromatic heterocycles. The van der Waals surface area contributed by atoms with E-state index in [-0.39, 0.29) is 11.3 Å². The zero-order valence-electron chi connectivity index (χ0n) is 10.5. The Labute approximate surface area is 110 Å². The van der Waals surface area contributed by atoms with Crippen molar-refractivity contribution < 1.29 is 9.18 Å². The van der Waals surface area contributed by atoms with E-state index in [1.165, 1.54) is 12.1 Å². The molecule has 0 radical (unpaired) electrons. The van der Waals surface area contributed by atoms with Gasteiger partial charge in [-0.1, -0.05) is 29.8 Å². The van der Waals surface area contributed by atoms with Crippen molar-refractivity contribution >= 4 is 21.7 Å². The molecule has 0 heterocycles. The van der Waals surface area contributed by atoms with Gasteiger partial charge in [-0.25, -0.2) is 4.39 Å². The predicted octanol–water partition coefficient (Wildman–Crippen LogP) is 3.53. The second-order valence-electron chi connectivity index (χ2n) is 5.30. The van der Waals surface area contributed by atoms with Gasteiger partial charge in [0, 0.05) is 15.4 Å². The second kappa shape index (κ2) is 4.50. The fraction of sp³-hybridized carbons (Fsp3) is 0.462. The topological polar surface area (TPSA) is 43.1 Å². The lowest BCUT2D eigenvalue weighted by atomic mass is 9.70. The predicted molar refractivity (Wildman–Crippen MR) is 70.5 cm³/mol. The zero-order chi connectivity index (χ0) is 13.4. The van der Waals surface area contributed by atoms with Gasteiger partial charge in [-0.15, -0.1) is 0 Å². The number of carbonyl (C=O) groups excluding carboxylic acids is 1. The summed E-state index contributed by atoms with van der Waals surface area (Å²) in [7, 11) is 0. The summed E-state index contributed by atoms with van der Waals surface area (Å²) in [6.45, 7) is 6.99. The molecule has 0 unspecified atom stereocenters. The summed E-state index contributed by atoms with van der Waals surface area (Å²) >= 11 is 3.23. The van der Waals surface area contributed by atoms with Crippen LogP contribution < -0.4 is 5.73 Å². The van der Waals surface area contributed by atoms with Gasteiger partial charge in [-0.2, -0.15) is 0 Å². The number of halogens is 2. The molecule has 0 spiro atoms. The molecule has 0 bridgehead atoms. The zero-order valence-corrected chi connectivity index (χ0v) is 12.1. The first-order chi connectivity index (χ1) is 7.57. The fourth-order valence-corrected chi connectivity index (χ4v) is 1.66. The highest BCUT2D eigenvalue weighted by Gasteiger charge is 2.41. The van der Waals surface area contributed by atoms with Crippen LogP contribution in [-0.4, -0.2) is 11.3 Å². The molecule has 0 aliphatic rings. The third-order valence-electron chi connectivity index (χ3n) is 3.35. The fourth-order valence-electron chi connectivity index (χ4n) is 1.30. The summed E-state index contributed by atoms with van der Waals surface area (Å²) < 4.78 is 14.3. The second-order valence-corrected chi connectivity index (χ2v) is 6.22. The van der Waals surface area contributed by atoms with Gasteiger partial charge in [0.1, 0.15) is 5.82 Å². The van der Waals surface area contributed by atoms with E-state index in [1.54, 1.807) is 33.8 Å². The Morgan fingerprint density at radius 2 is 1.82 bits per heavy atom. The summed E-state index contributed by atoms with van der Waals surface area (Å²) in [4.78, 5) is 12.3. The van der Waals surface area contributed by atoms with Gasteiger partial charge < -0.3 is 5.73 Å².